The van der Waals surface area contributed by atoms with Crippen molar-refractivity contribution < 1.29 is 9.47 Å². The van der Waals surface area contributed by atoms with Crippen LogP contribution in [0, 0.1) is 0 Å². The lowest BCUT2D eigenvalue weighted by Gasteiger charge is -2.06. The Balaban J connectivity index is 2.37. The Kier molecular flexibility index (Phi) is 2.85. The van der Waals surface area contributed by atoms with Crippen LogP contribution in [0.2, 0.25) is 0 Å². The van der Waals surface area contributed by atoms with Crippen molar-refractivity contribution in [1.82, 2.24) is 9.97 Å². The number of methoxy groups -OCH3 is 2. The van der Waals surface area contributed by atoms with Crippen molar-refractivity contribution in [1.29, 1.82) is 0 Å². The minimum atomic E-state index is 0.358. The lowest BCUT2D eigenvalue weighted by Crippen LogP contribution is -1.98. The van der Waals surface area contributed by atoms with Crippen LogP contribution in [-0.4, -0.2) is 24.2 Å². The van der Waals surface area contributed by atoms with Crippen molar-refractivity contribution in [3.05, 3.63) is 17.8 Å². The maximum Gasteiger partial charge on any atom is 0.319 e. The molecule has 1 heterocycles. The highest BCUT2D eigenvalue weighted by atomic mass is 16.5. The van der Waals surface area contributed by atoms with E-state index < -0.39 is 0 Å². The molecule has 0 saturated carbocycles. The predicted molar refractivity (Wildman–Crippen MR) is 57.0 cm³/mol. The first-order valence-corrected chi connectivity index (χ1v) is 5.00. The van der Waals surface area contributed by atoms with Crippen LogP contribution in [-0.2, 0) is 0 Å². The molecule has 0 atom stereocenters. The van der Waals surface area contributed by atoms with Gasteiger partial charge in [0, 0.05) is 6.07 Å². The predicted octanol–water partition coefficient (Wildman–Crippen LogP) is 2.06. The molecule has 1 aromatic heterocycles. The number of rotatable bonds is 3. The molecular formula is C11H14N2O2. The molecule has 4 nitrogen and oxygen atoms in total. The highest BCUT2D eigenvalue weighted by Crippen LogP contribution is 2.28. The zero-order valence-electron chi connectivity index (χ0n) is 8.99. The van der Waals surface area contributed by atoms with E-state index in [-0.39, 0.29) is 0 Å². The minimum Gasteiger partial charge on any atom is -0.481 e. The Morgan fingerprint density at radius 3 is 2.67 bits per heavy atom. The molecule has 0 unspecified atom stereocenters. The molecule has 0 amide bonds. The van der Waals surface area contributed by atoms with Gasteiger partial charge in [-0.25, -0.2) is 0 Å². The Morgan fingerprint density at radius 2 is 2.07 bits per heavy atom. The Bertz CT molecular complexity index is 366. The van der Waals surface area contributed by atoms with E-state index in [2.05, 4.69) is 16.0 Å². The molecule has 0 radical (unpaired) electrons. The first kappa shape index (κ1) is 9.96. The molecule has 2 rings (SSSR count). The van der Waals surface area contributed by atoms with Crippen molar-refractivity contribution in [3.8, 4) is 11.9 Å². The number of allylic oxidation sites excluding steroid dienone is 2. The van der Waals surface area contributed by atoms with Crippen LogP contribution in [0.5, 0.6) is 11.9 Å². The summed E-state index contributed by atoms with van der Waals surface area (Å²) >= 11 is 0. The van der Waals surface area contributed by atoms with Crippen LogP contribution in [0.1, 0.15) is 25.0 Å². The van der Waals surface area contributed by atoms with Crippen LogP contribution in [0.3, 0.4) is 0 Å². The third kappa shape index (κ3) is 2.09. The van der Waals surface area contributed by atoms with Gasteiger partial charge in [0.1, 0.15) is 0 Å². The van der Waals surface area contributed by atoms with Crippen LogP contribution in [0.4, 0.5) is 0 Å². The summed E-state index contributed by atoms with van der Waals surface area (Å²) in [6, 6.07) is 2.21. The first-order chi connectivity index (χ1) is 7.33. The second-order valence-corrected chi connectivity index (χ2v) is 3.40. The fraction of sp³-hybridized carbons (Fsp3) is 0.455. The van der Waals surface area contributed by atoms with Crippen molar-refractivity contribution in [2.24, 2.45) is 0 Å². The van der Waals surface area contributed by atoms with Crippen LogP contribution < -0.4 is 9.47 Å². The van der Waals surface area contributed by atoms with Gasteiger partial charge in [-0.2, -0.15) is 9.97 Å². The van der Waals surface area contributed by atoms with E-state index in [9.17, 15) is 0 Å². The summed E-state index contributed by atoms with van der Waals surface area (Å²) in [4.78, 5) is 8.36. The normalized spacial score (nSPS) is 14.9. The summed E-state index contributed by atoms with van der Waals surface area (Å²) in [5.74, 6) is 0.546. The minimum absolute atomic E-state index is 0.358. The lowest BCUT2D eigenvalue weighted by atomic mass is 10.1. The molecule has 1 aliphatic rings. The summed E-state index contributed by atoms with van der Waals surface area (Å²) in [6.45, 7) is 0. The van der Waals surface area contributed by atoms with E-state index in [0.717, 1.165) is 18.5 Å². The zero-order chi connectivity index (χ0) is 10.7. The average Bonchev–Trinajstić information content (AvgIpc) is 2.81. The third-order valence-electron chi connectivity index (χ3n) is 2.44. The molecule has 0 bridgehead atoms. The smallest absolute Gasteiger partial charge is 0.319 e. The molecule has 0 fully saturated rings. The Labute approximate surface area is 89.0 Å². The van der Waals surface area contributed by atoms with E-state index in [1.165, 1.54) is 12.0 Å². The van der Waals surface area contributed by atoms with Crippen molar-refractivity contribution >= 4 is 5.57 Å². The quantitative estimate of drug-likeness (QED) is 0.759. The van der Waals surface area contributed by atoms with Gasteiger partial charge in [-0.15, -0.1) is 0 Å². The van der Waals surface area contributed by atoms with Gasteiger partial charge in [-0.05, 0) is 24.8 Å². The first-order valence-electron chi connectivity index (χ1n) is 5.00. The van der Waals surface area contributed by atoms with Gasteiger partial charge in [0.2, 0.25) is 5.88 Å². The Hall–Kier alpha value is -1.58. The summed E-state index contributed by atoms with van der Waals surface area (Å²) in [5, 5.41) is 0. The molecule has 0 saturated heterocycles. The molecule has 0 N–H and O–H groups in total. The maximum absolute atomic E-state index is 5.10. The lowest BCUT2D eigenvalue weighted by molar-refractivity contribution is 0.351. The van der Waals surface area contributed by atoms with Crippen LogP contribution in [0.25, 0.3) is 5.57 Å². The summed E-state index contributed by atoms with van der Waals surface area (Å²) < 4.78 is 10.1. The number of aromatic nitrogens is 2. The summed E-state index contributed by atoms with van der Waals surface area (Å²) in [6.07, 6.45) is 5.61. The highest BCUT2D eigenvalue weighted by Gasteiger charge is 2.12. The van der Waals surface area contributed by atoms with Gasteiger partial charge in [0.25, 0.3) is 0 Å². The molecule has 0 spiro atoms. The van der Waals surface area contributed by atoms with E-state index in [1.54, 1.807) is 14.2 Å². The van der Waals surface area contributed by atoms with E-state index in [1.807, 2.05) is 6.07 Å². The van der Waals surface area contributed by atoms with Gasteiger partial charge >= 0.3 is 6.01 Å². The molecule has 0 aromatic carbocycles. The highest BCUT2D eigenvalue weighted by molar-refractivity contribution is 5.65. The largest absolute Gasteiger partial charge is 0.481 e. The monoisotopic (exact) mass is 206 g/mol. The van der Waals surface area contributed by atoms with Gasteiger partial charge in [0.15, 0.2) is 0 Å². The molecule has 15 heavy (non-hydrogen) atoms. The number of hydrogen-bond donors (Lipinski definition) is 0. The zero-order valence-corrected chi connectivity index (χ0v) is 8.99. The van der Waals surface area contributed by atoms with Crippen LogP contribution in [0.15, 0.2) is 12.1 Å². The molecule has 80 valence electrons. The molecule has 0 aliphatic heterocycles. The number of nitrogens with zero attached hydrogens (tertiary/aromatic N) is 2. The number of hydrogen-bond acceptors (Lipinski definition) is 4. The van der Waals surface area contributed by atoms with Crippen LogP contribution >= 0.6 is 0 Å². The van der Waals surface area contributed by atoms with Crippen molar-refractivity contribution in [2.75, 3.05) is 14.2 Å². The topological polar surface area (TPSA) is 44.2 Å². The summed E-state index contributed by atoms with van der Waals surface area (Å²) in [7, 11) is 3.15. The van der Waals surface area contributed by atoms with Gasteiger partial charge in [-0.3, -0.25) is 0 Å². The van der Waals surface area contributed by atoms with Gasteiger partial charge in [-0.1, -0.05) is 6.08 Å². The second-order valence-electron chi connectivity index (χ2n) is 3.40. The van der Waals surface area contributed by atoms with Crippen molar-refractivity contribution in [2.45, 2.75) is 19.3 Å². The third-order valence-corrected chi connectivity index (χ3v) is 2.44. The molecule has 1 aliphatic carbocycles. The number of ether oxygens (including phenoxy) is 2. The fourth-order valence-electron chi connectivity index (χ4n) is 1.67. The molecular weight excluding hydrogens is 192 g/mol. The standard InChI is InChI=1S/C11H14N2O2/c1-14-10-7-9(8-5-3-4-6-8)12-11(13-10)15-2/h5,7H,3-4,6H2,1-2H3. The van der Waals surface area contributed by atoms with Gasteiger partial charge < -0.3 is 9.47 Å². The molecule has 1 aromatic rings. The molecule has 4 heteroatoms. The average molecular weight is 206 g/mol. The summed E-state index contributed by atoms with van der Waals surface area (Å²) in [5.41, 5.74) is 2.17. The van der Waals surface area contributed by atoms with Crippen molar-refractivity contribution in [3.63, 3.8) is 0 Å². The van der Waals surface area contributed by atoms with E-state index >= 15 is 0 Å². The maximum atomic E-state index is 5.10. The van der Waals surface area contributed by atoms with Gasteiger partial charge in [0.05, 0.1) is 19.9 Å². The van der Waals surface area contributed by atoms with E-state index in [0.29, 0.717) is 11.9 Å². The SMILES string of the molecule is COc1cc(C2=CCCC2)nc(OC)n1. The fourth-order valence-corrected chi connectivity index (χ4v) is 1.67. The Morgan fingerprint density at radius 1 is 1.20 bits per heavy atom. The second kappa shape index (κ2) is 4.29. The van der Waals surface area contributed by atoms with E-state index in [4.69, 9.17) is 9.47 Å².